The number of hydrogen-bond donors (Lipinski definition) is 2. The maximum Gasteiger partial charge on any atom is 0.322 e. The summed E-state index contributed by atoms with van der Waals surface area (Å²) in [6.07, 6.45) is 4.10. The van der Waals surface area contributed by atoms with Crippen molar-refractivity contribution in [3.8, 4) is 28.7 Å². The molecule has 3 N–H and O–H groups in total. The van der Waals surface area contributed by atoms with Crippen LogP contribution in [0.2, 0.25) is 0 Å². The van der Waals surface area contributed by atoms with Gasteiger partial charge in [0, 0.05) is 42.0 Å². The summed E-state index contributed by atoms with van der Waals surface area (Å²) in [5, 5.41) is 2.72. The number of nitrogens with one attached hydrogen (secondary N) is 1. The fourth-order valence-corrected chi connectivity index (χ4v) is 4.22. The molecule has 0 radical (unpaired) electrons. The summed E-state index contributed by atoms with van der Waals surface area (Å²) in [4.78, 5) is 28.6. The van der Waals surface area contributed by atoms with E-state index in [0.717, 1.165) is 11.1 Å². The summed E-state index contributed by atoms with van der Waals surface area (Å²) in [5.41, 5.74) is 11.3. The lowest BCUT2D eigenvalue weighted by molar-refractivity contribution is -0.111. The van der Waals surface area contributed by atoms with Gasteiger partial charge in [-0.05, 0) is 48.9 Å². The van der Waals surface area contributed by atoms with E-state index in [4.69, 9.17) is 15.2 Å². The number of methoxy groups -OCH3 is 1. The number of benzene rings is 2. The van der Waals surface area contributed by atoms with Gasteiger partial charge in [-0.15, -0.1) is 0 Å². The Labute approximate surface area is 223 Å². The van der Waals surface area contributed by atoms with E-state index in [9.17, 15) is 4.79 Å². The van der Waals surface area contributed by atoms with Gasteiger partial charge >= 0.3 is 6.01 Å². The lowest BCUT2D eigenvalue weighted by atomic mass is 10.1. The Kier molecular flexibility index (Phi) is 6.98. The number of amides is 1. The summed E-state index contributed by atoms with van der Waals surface area (Å²) >= 11 is 0. The highest BCUT2D eigenvalue weighted by Gasteiger charge is 2.24. The minimum atomic E-state index is -0.628. The Balaban J connectivity index is 1.67. The summed E-state index contributed by atoms with van der Waals surface area (Å²) in [6.45, 7) is 5.47. The van der Waals surface area contributed by atoms with E-state index in [1.165, 1.54) is 30.7 Å². The Bertz CT molecular complexity index is 1700. The molecule has 2 aromatic carbocycles. The van der Waals surface area contributed by atoms with Crippen LogP contribution in [0.1, 0.15) is 11.3 Å². The summed E-state index contributed by atoms with van der Waals surface area (Å²) < 4.78 is 28.3. The zero-order valence-corrected chi connectivity index (χ0v) is 21.2. The third-order valence-corrected chi connectivity index (χ3v) is 5.92. The smallest absolute Gasteiger partial charge is 0.322 e. The molecule has 39 heavy (non-hydrogen) atoms. The average Bonchev–Trinajstić information content (AvgIpc) is 3.26. The first kappa shape index (κ1) is 25.5. The van der Waals surface area contributed by atoms with Crippen LogP contribution in [0.4, 0.5) is 15.9 Å². The molecule has 0 spiro atoms. The second-order valence-electron chi connectivity index (χ2n) is 8.52. The maximum atomic E-state index is 15.4. The quantitative estimate of drug-likeness (QED) is 0.272. The van der Waals surface area contributed by atoms with Crippen LogP contribution < -0.4 is 15.8 Å². The van der Waals surface area contributed by atoms with E-state index in [2.05, 4.69) is 31.8 Å². The molecule has 0 saturated heterocycles. The fraction of sp³-hybridized carbons (Fsp3) is 0.107. The van der Waals surface area contributed by atoms with Crippen molar-refractivity contribution in [2.75, 3.05) is 18.2 Å². The number of aromatic nitrogens is 5. The second-order valence-corrected chi connectivity index (χ2v) is 8.52. The Hall–Kier alpha value is -5.16. The van der Waals surface area contributed by atoms with Gasteiger partial charge in [0.05, 0.1) is 12.3 Å². The van der Waals surface area contributed by atoms with Crippen LogP contribution in [0, 0.1) is 12.7 Å². The third-order valence-electron chi connectivity index (χ3n) is 5.92. The molecule has 1 amide bonds. The van der Waals surface area contributed by atoms with Crippen molar-refractivity contribution < 1.29 is 18.7 Å². The summed E-state index contributed by atoms with van der Waals surface area (Å²) in [5.74, 6) is -0.774. The van der Waals surface area contributed by atoms with Crippen molar-refractivity contribution in [3.05, 3.63) is 90.8 Å². The summed E-state index contributed by atoms with van der Waals surface area (Å²) in [6, 6.07) is 13.4. The van der Waals surface area contributed by atoms with Crippen molar-refractivity contribution in [1.29, 1.82) is 0 Å². The SMILES string of the molecule is C=CC(=O)Nc1ccc(-c2c(COC)c3ncnc(N)c3n2-c2ccc(Oc3nccc(C)n3)c(F)c2)cc1. The molecule has 0 atom stereocenters. The number of anilines is 2. The Morgan fingerprint density at radius 3 is 2.64 bits per heavy atom. The van der Waals surface area contributed by atoms with E-state index in [1.807, 2.05) is 12.1 Å². The van der Waals surface area contributed by atoms with Gasteiger partial charge in [-0.2, -0.15) is 0 Å². The zero-order chi connectivity index (χ0) is 27.5. The van der Waals surface area contributed by atoms with Crippen molar-refractivity contribution in [2.45, 2.75) is 13.5 Å². The zero-order valence-electron chi connectivity index (χ0n) is 21.2. The lowest BCUT2D eigenvalue weighted by Gasteiger charge is -2.15. The molecule has 0 aliphatic rings. The van der Waals surface area contributed by atoms with Crippen LogP contribution in [0.25, 0.3) is 28.0 Å². The molecule has 0 bridgehead atoms. The van der Waals surface area contributed by atoms with Crippen LogP contribution >= 0.6 is 0 Å². The number of carbonyl (C=O) groups excluding carboxylic acids is 1. The highest BCUT2D eigenvalue weighted by Crippen LogP contribution is 2.39. The number of ether oxygens (including phenoxy) is 2. The highest BCUT2D eigenvalue weighted by atomic mass is 19.1. The largest absolute Gasteiger partial charge is 0.421 e. The molecular weight excluding hydrogens is 501 g/mol. The van der Waals surface area contributed by atoms with Gasteiger partial charge in [-0.1, -0.05) is 18.7 Å². The van der Waals surface area contributed by atoms with Crippen LogP contribution in [0.5, 0.6) is 11.8 Å². The topological polar surface area (TPSA) is 130 Å². The van der Waals surface area contributed by atoms with Gasteiger partial charge < -0.3 is 25.1 Å². The molecule has 0 unspecified atom stereocenters. The Morgan fingerprint density at radius 1 is 1.15 bits per heavy atom. The minimum Gasteiger partial charge on any atom is -0.421 e. The van der Waals surface area contributed by atoms with Crippen molar-refractivity contribution in [3.63, 3.8) is 0 Å². The van der Waals surface area contributed by atoms with Gasteiger partial charge in [-0.25, -0.2) is 24.3 Å². The van der Waals surface area contributed by atoms with Crippen molar-refractivity contribution in [1.82, 2.24) is 24.5 Å². The predicted molar refractivity (Wildman–Crippen MR) is 145 cm³/mol. The number of fused-ring (bicyclic) bond motifs is 1. The minimum absolute atomic E-state index is 0.0361. The number of rotatable bonds is 8. The number of hydrogen-bond acceptors (Lipinski definition) is 8. The average molecular weight is 526 g/mol. The number of aryl methyl sites for hydroxylation is 1. The first-order valence-corrected chi connectivity index (χ1v) is 11.8. The molecule has 0 aliphatic carbocycles. The van der Waals surface area contributed by atoms with Gasteiger partial charge in [0.1, 0.15) is 17.4 Å². The summed E-state index contributed by atoms with van der Waals surface area (Å²) in [7, 11) is 1.57. The van der Waals surface area contributed by atoms with Gasteiger partial charge in [0.15, 0.2) is 17.4 Å². The molecule has 11 heteroatoms. The molecule has 5 aromatic rings. The van der Waals surface area contributed by atoms with Crippen LogP contribution in [0.15, 0.2) is 73.7 Å². The van der Waals surface area contributed by atoms with E-state index in [0.29, 0.717) is 33.8 Å². The third kappa shape index (κ3) is 5.03. The predicted octanol–water partition coefficient (Wildman–Crippen LogP) is 4.97. The van der Waals surface area contributed by atoms with Gasteiger partial charge in [-0.3, -0.25) is 4.79 Å². The Morgan fingerprint density at radius 2 is 1.95 bits per heavy atom. The molecule has 5 rings (SSSR count). The fourth-order valence-electron chi connectivity index (χ4n) is 4.22. The highest BCUT2D eigenvalue weighted by molar-refractivity contribution is 5.99. The number of nitrogens with zero attached hydrogens (tertiary/aromatic N) is 5. The molecule has 196 valence electrons. The number of nitrogen functional groups attached to an aromatic ring is 1. The van der Waals surface area contributed by atoms with Gasteiger partial charge in [0.2, 0.25) is 5.91 Å². The second kappa shape index (κ2) is 10.7. The molecule has 0 saturated carbocycles. The number of halogens is 1. The maximum absolute atomic E-state index is 15.4. The molecule has 10 nitrogen and oxygen atoms in total. The van der Waals surface area contributed by atoms with E-state index in [1.54, 1.807) is 42.9 Å². The van der Waals surface area contributed by atoms with Crippen LogP contribution in [-0.2, 0) is 16.1 Å². The van der Waals surface area contributed by atoms with E-state index >= 15 is 4.39 Å². The monoisotopic (exact) mass is 525 g/mol. The van der Waals surface area contributed by atoms with Crippen LogP contribution in [-0.4, -0.2) is 37.5 Å². The molecule has 3 heterocycles. The van der Waals surface area contributed by atoms with E-state index < -0.39 is 5.82 Å². The van der Waals surface area contributed by atoms with Crippen molar-refractivity contribution >= 4 is 28.4 Å². The number of nitrogens with two attached hydrogens (primary N) is 1. The lowest BCUT2D eigenvalue weighted by Crippen LogP contribution is -2.07. The normalized spacial score (nSPS) is 10.9. The first-order chi connectivity index (χ1) is 18.9. The first-order valence-electron chi connectivity index (χ1n) is 11.8. The number of carbonyl (C=O) groups is 1. The molecular formula is C28H24FN7O3. The molecule has 0 fully saturated rings. The van der Waals surface area contributed by atoms with Crippen molar-refractivity contribution in [2.24, 2.45) is 0 Å². The molecule has 3 aromatic heterocycles. The van der Waals surface area contributed by atoms with E-state index in [-0.39, 0.29) is 30.1 Å². The van der Waals surface area contributed by atoms with Crippen LogP contribution in [0.3, 0.4) is 0 Å². The molecule has 0 aliphatic heterocycles. The van der Waals surface area contributed by atoms with Gasteiger partial charge in [0.25, 0.3) is 0 Å². The standard InChI is InChI=1S/C28H24FN7O3/c1-4-23(37)35-18-7-5-17(6-8-18)25-20(14-38-3)24-26(27(30)33-15-32-24)36(25)19-9-10-22(21(29)13-19)39-28-31-12-11-16(2)34-28/h4-13,15H,1,14H2,2-3H3,(H,35,37)(H2,30,32,33).